The molecule has 3 rings (SSSR count). The van der Waals surface area contributed by atoms with E-state index in [-0.39, 0.29) is 17.5 Å². The SMILES string of the molecule is CC(C)(C)OC(=O)N[C@@H](CC(=O)O)Cc1cc(F)ccc1F.O=C(OC(F)(F)F)c1cnc2c(c1)CCNC2. The fraction of sp³-hybridized carbons (Fsp3) is 0.440. The standard InChI is InChI=1S/C15H19F2NO4.C10H9F3N2O2/c1-15(2,3)22-14(21)18-11(8-13(19)20)7-9-6-10(16)4-5-12(9)17;11-10(12,13)17-9(16)7-3-6-1-2-14-5-8(6)15-4-7/h4-6,11H,7-8H2,1-3H3,(H,18,21)(H,19,20);3-4,14H,1-2,5H2/t11-;/m1./s1. The van der Waals surface area contributed by atoms with E-state index in [0.717, 1.165) is 35.7 Å². The number of carboxylic acids is 1. The highest BCUT2D eigenvalue weighted by Crippen LogP contribution is 2.20. The number of amides is 1. The first-order valence-electron chi connectivity index (χ1n) is 11.7. The Bertz CT molecular complexity index is 1180. The molecule has 1 atom stereocenters. The van der Waals surface area contributed by atoms with Gasteiger partial charge < -0.3 is 25.2 Å². The van der Waals surface area contributed by atoms with Crippen LogP contribution in [-0.2, 0) is 33.7 Å². The Balaban J connectivity index is 0.000000282. The van der Waals surface area contributed by atoms with Gasteiger partial charge in [0.1, 0.15) is 17.2 Å². The number of alkyl halides is 3. The third-order valence-corrected chi connectivity index (χ3v) is 4.98. The Hall–Kier alpha value is -3.81. The second-order valence-corrected chi connectivity index (χ2v) is 9.47. The summed E-state index contributed by atoms with van der Waals surface area (Å²) in [6, 6.07) is 3.38. The number of carboxylic acid groups (broad SMARTS) is 1. The average Bonchev–Trinajstić information content (AvgIpc) is 2.78. The van der Waals surface area contributed by atoms with Crippen molar-refractivity contribution < 1.29 is 50.9 Å². The average molecular weight is 562 g/mol. The molecular formula is C25H28F5N3O6. The van der Waals surface area contributed by atoms with Crippen molar-refractivity contribution in [3.05, 3.63) is 64.5 Å². The Labute approximate surface area is 220 Å². The quantitative estimate of drug-likeness (QED) is 0.353. The summed E-state index contributed by atoms with van der Waals surface area (Å²) in [5.41, 5.74) is 0.590. The van der Waals surface area contributed by atoms with Gasteiger partial charge in [-0.3, -0.25) is 9.78 Å². The maximum absolute atomic E-state index is 13.6. The minimum atomic E-state index is -4.96. The normalized spacial score (nSPS) is 13.7. The van der Waals surface area contributed by atoms with E-state index < -0.39 is 54.1 Å². The summed E-state index contributed by atoms with van der Waals surface area (Å²) in [4.78, 5) is 37.6. The van der Waals surface area contributed by atoms with E-state index in [4.69, 9.17) is 9.84 Å². The van der Waals surface area contributed by atoms with Gasteiger partial charge in [-0.15, -0.1) is 13.2 Å². The van der Waals surface area contributed by atoms with Crippen LogP contribution < -0.4 is 10.6 Å². The number of aliphatic carboxylic acids is 1. The van der Waals surface area contributed by atoms with Crippen molar-refractivity contribution >= 4 is 18.0 Å². The number of pyridine rings is 1. The summed E-state index contributed by atoms with van der Waals surface area (Å²) in [5.74, 6) is -3.89. The predicted molar refractivity (Wildman–Crippen MR) is 127 cm³/mol. The Kier molecular flexibility index (Phi) is 10.7. The molecule has 214 valence electrons. The zero-order valence-electron chi connectivity index (χ0n) is 21.3. The molecule has 2 aromatic rings. The minimum absolute atomic E-state index is 0.0118. The van der Waals surface area contributed by atoms with Crippen molar-refractivity contribution in [2.45, 2.75) is 64.6 Å². The van der Waals surface area contributed by atoms with Gasteiger partial charge in [0.2, 0.25) is 0 Å². The molecule has 0 unspecified atom stereocenters. The lowest BCUT2D eigenvalue weighted by atomic mass is 10.0. The van der Waals surface area contributed by atoms with Gasteiger partial charge in [0.25, 0.3) is 0 Å². The lowest BCUT2D eigenvalue weighted by Crippen LogP contribution is -2.41. The molecular weight excluding hydrogens is 533 g/mol. The number of nitrogens with zero attached hydrogens (tertiary/aromatic N) is 1. The maximum atomic E-state index is 13.6. The molecule has 3 N–H and O–H groups in total. The third-order valence-electron chi connectivity index (χ3n) is 4.98. The first-order valence-corrected chi connectivity index (χ1v) is 11.7. The lowest BCUT2D eigenvalue weighted by Gasteiger charge is -2.23. The number of nitrogens with one attached hydrogen (secondary N) is 2. The molecule has 1 aliphatic heterocycles. The predicted octanol–water partition coefficient (Wildman–Crippen LogP) is 4.28. The van der Waals surface area contributed by atoms with E-state index >= 15 is 0 Å². The summed E-state index contributed by atoms with van der Waals surface area (Å²) in [5, 5.41) is 14.3. The molecule has 1 aromatic carbocycles. The van der Waals surface area contributed by atoms with Crippen molar-refractivity contribution in [3.8, 4) is 0 Å². The highest BCUT2D eigenvalue weighted by Gasteiger charge is 2.34. The molecule has 0 radical (unpaired) electrons. The number of benzene rings is 1. The summed E-state index contributed by atoms with van der Waals surface area (Å²) < 4.78 is 70.7. The molecule has 1 aromatic heterocycles. The molecule has 2 heterocycles. The molecule has 0 saturated heterocycles. The van der Waals surface area contributed by atoms with Crippen LogP contribution in [0.2, 0.25) is 0 Å². The fourth-order valence-corrected chi connectivity index (χ4v) is 3.44. The van der Waals surface area contributed by atoms with Crippen LogP contribution >= 0.6 is 0 Å². The molecule has 9 nitrogen and oxygen atoms in total. The number of carbonyl (C=O) groups excluding carboxylic acids is 2. The number of fused-ring (bicyclic) bond motifs is 1. The number of esters is 1. The molecule has 1 amide bonds. The molecule has 0 spiro atoms. The van der Waals surface area contributed by atoms with Crippen molar-refractivity contribution in [1.29, 1.82) is 0 Å². The van der Waals surface area contributed by atoms with Gasteiger partial charge >= 0.3 is 24.4 Å². The zero-order valence-corrected chi connectivity index (χ0v) is 21.3. The van der Waals surface area contributed by atoms with Gasteiger partial charge in [0.05, 0.1) is 17.7 Å². The van der Waals surface area contributed by atoms with Crippen molar-refractivity contribution in [2.75, 3.05) is 6.54 Å². The fourth-order valence-electron chi connectivity index (χ4n) is 3.44. The first-order chi connectivity index (χ1) is 18.0. The topological polar surface area (TPSA) is 127 Å². The molecule has 0 bridgehead atoms. The summed E-state index contributed by atoms with van der Waals surface area (Å²) >= 11 is 0. The highest BCUT2D eigenvalue weighted by molar-refractivity contribution is 5.89. The van der Waals surface area contributed by atoms with Crippen LogP contribution in [-0.4, -0.2) is 52.7 Å². The molecule has 14 heteroatoms. The second-order valence-electron chi connectivity index (χ2n) is 9.47. The van der Waals surface area contributed by atoms with Gasteiger partial charge in [0.15, 0.2) is 0 Å². The molecule has 1 aliphatic rings. The van der Waals surface area contributed by atoms with Crippen molar-refractivity contribution in [2.24, 2.45) is 0 Å². The van der Waals surface area contributed by atoms with Gasteiger partial charge in [0, 0.05) is 18.8 Å². The lowest BCUT2D eigenvalue weighted by molar-refractivity contribution is -0.291. The number of rotatable bonds is 6. The van der Waals surface area contributed by atoms with Crippen LogP contribution in [0.5, 0.6) is 0 Å². The largest absolute Gasteiger partial charge is 0.575 e. The van der Waals surface area contributed by atoms with E-state index in [1.54, 1.807) is 20.8 Å². The second kappa shape index (κ2) is 13.3. The molecule has 39 heavy (non-hydrogen) atoms. The van der Waals surface area contributed by atoms with Crippen LogP contribution in [0.25, 0.3) is 0 Å². The van der Waals surface area contributed by atoms with Crippen molar-refractivity contribution in [1.82, 2.24) is 15.6 Å². The van der Waals surface area contributed by atoms with Crippen LogP contribution in [0.1, 0.15) is 54.4 Å². The number of hydrogen-bond donors (Lipinski definition) is 3. The summed E-state index contributed by atoms with van der Waals surface area (Å²) in [7, 11) is 0. The Morgan fingerprint density at radius 3 is 2.44 bits per heavy atom. The summed E-state index contributed by atoms with van der Waals surface area (Å²) in [6.45, 7) is 6.25. The Morgan fingerprint density at radius 1 is 1.13 bits per heavy atom. The minimum Gasteiger partial charge on any atom is -0.481 e. The number of ether oxygens (including phenoxy) is 2. The van der Waals surface area contributed by atoms with E-state index in [1.165, 1.54) is 6.07 Å². The molecule has 0 fully saturated rings. The van der Waals surface area contributed by atoms with E-state index in [9.17, 15) is 36.3 Å². The number of aromatic nitrogens is 1. The van der Waals surface area contributed by atoms with Crippen LogP contribution in [0.4, 0.5) is 26.7 Å². The maximum Gasteiger partial charge on any atom is 0.575 e. The third kappa shape index (κ3) is 11.6. The number of hydrogen-bond acceptors (Lipinski definition) is 7. The number of alkyl carbamates (subject to hydrolysis) is 1. The number of carbonyl (C=O) groups is 3. The van der Waals surface area contributed by atoms with E-state index in [1.807, 2.05) is 0 Å². The van der Waals surface area contributed by atoms with Crippen LogP contribution in [0.15, 0.2) is 30.5 Å². The smallest absolute Gasteiger partial charge is 0.481 e. The van der Waals surface area contributed by atoms with E-state index in [0.29, 0.717) is 19.5 Å². The zero-order chi connectivity index (χ0) is 29.4. The number of halogens is 5. The van der Waals surface area contributed by atoms with E-state index in [2.05, 4.69) is 20.4 Å². The van der Waals surface area contributed by atoms with Gasteiger partial charge in [-0.05, 0) is 75.5 Å². The van der Waals surface area contributed by atoms with Crippen molar-refractivity contribution in [3.63, 3.8) is 0 Å². The van der Waals surface area contributed by atoms with Gasteiger partial charge in [-0.1, -0.05) is 0 Å². The Morgan fingerprint density at radius 2 is 1.82 bits per heavy atom. The highest BCUT2D eigenvalue weighted by atomic mass is 19.4. The van der Waals surface area contributed by atoms with Gasteiger partial charge in [-0.25, -0.2) is 18.4 Å². The first kappa shape index (κ1) is 31.4. The monoisotopic (exact) mass is 561 g/mol. The molecule has 0 aliphatic carbocycles. The van der Waals surface area contributed by atoms with Crippen LogP contribution in [0, 0.1) is 11.6 Å². The molecule has 0 saturated carbocycles. The summed E-state index contributed by atoms with van der Waals surface area (Å²) in [6.07, 6.45) is -4.63. The van der Waals surface area contributed by atoms with Crippen LogP contribution in [0.3, 0.4) is 0 Å². The van der Waals surface area contributed by atoms with Gasteiger partial charge in [-0.2, -0.15) is 0 Å².